The molecular weight excluding hydrogens is 262 g/mol. The van der Waals surface area contributed by atoms with E-state index in [1.54, 1.807) is 12.1 Å². The molecule has 1 heterocycles. The van der Waals surface area contributed by atoms with Crippen LogP contribution in [-0.4, -0.2) is 10.8 Å². The zero-order valence-corrected chi connectivity index (χ0v) is 9.55. The maximum atomic E-state index is 11.0. The zero-order chi connectivity index (χ0) is 11.0. The largest absolute Gasteiger partial charge is 0.417 e. The summed E-state index contributed by atoms with van der Waals surface area (Å²) >= 11 is 3.31. The number of halogens is 1. The molecule has 0 spiro atoms. The van der Waals surface area contributed by atoms with E-state index < -0.39 is 5.76 Å². The number of hydrogen-bond acceptors (Lipinski definition) is 3. The number of hydrogen-bond donors (Lipinski definition) is 1. The highest BCUT2D eigenvalue weighted by Gasteiger charge is 2.10. The van der Waals surface area contributed by atoms with Crippen molar-refractivity contribution in [3.8, 4) is 0 Å². The molecule has 0 amide bonds. The molecule has 0 saturated heterocycles. The summed E-state index contributed by atoms with van der Waals surface area (Å²) in [5.74, 6) is -0.480. The van der Waals surface area contributed by atoms with E-state index in [1.807, 2.05) is 0 Å². The Labute approximate surface area is 93.4 Å². The van der Waals surface area contributed by atoms with E-state index in [0.717, 1.165) is 4.47 Å². The standard InChI is InChI=1S/C10H8BrNO3/c1-5(13)2-6-3-7(11)4-8-9(6)15-10(14)12-8/h3-4H,2H2,1H3,(H,12,14). The molecular formula is C10H8BrNO3. The highest BCUT2D eigenvalue weighted by Crippen LogP contribution is 2.22. The zero-order valence-electron chi connectivity index (χ0n) is 7.96. The first-order valence-electron chi connectivity index (χ1n) is 4.37. The van der Waals surface area contributed by atoms with Crippen LogP contribution in [0.5, 0.6) is 0 Å². The summed E-state index contributed by atoms with van der Waals surface area (Å²) in [6.45, 7) is 1.50. The molecule has 0 aliphatic heterocycles. The summed E-state index contributed by atoms with van der Waals surface area (Å²) in [5, 5.41) is 0. The Morgan fingerprint density at radius 1 is 1.53 bits per heavy atom. The van der Waals surface area contributed by atoms with Gasteiger partial charge in [-0.15, -0.1) is 0 Å². The number of H-pyrrole nitrogens is 1. The van der Waals surface area contributed by atoms with E-state index in [2.05, 4.69) is 20.9 Å². The Morgan fingerprint density at radius 3 is 2.93 bits per heavy atom. The van der Waals surface area contributed by atoms with Crippen LogP contribution in [0.25, 0.3) is 11.1 Å². The lowest BCUT2D eigenvalue weighted by atomic mass is 10.1. The van der Waals surface area contributed by atoms with Crippen LogP contribution >= 0.6 is 15.9 Å². The number of oxazole rings is 1. The van der Waals surface area contributed by atoms with Crippen LogP contribution in [0, 0.1) is 0 Å². The van der Waals surface area contributed by atoms with Gasteiger partial charge in [0.25, 0.3) is 0 Å². The summed E-state index contributed by atoms with van der Waals surface area (Å²) in [5.41, 5.74) is 1.77. The van der Waals surface area contributed by atoms with E-state index in [4.69, 9.17) is 4.42 Å². The van der Waals surface area contributed by atoms with E-state index in [9.17, 15) is 9.59 Å². The fraction of sp³-hybridized carbons (Fsp3) is 0.200. The quantitative estimate of drug-likeness (QED) is 0.907. The van der Waals surface area contributed by atoms with Crippen LogP contribution in [0.2, 0.25) is 0 Å². The van der Waals surface area contributed by atoms with Crippen molar-refractivity contribution in [1.82, 2.24) is 4.98 Å². The molecule has 0 radical (unpaired) electrons. The van der Waals surface area contributed by atoms with Crippen molar-refractivity contribution in [2.45, 2.75) is 13.3 Å². The lowest BCUT2D eigenvalue weighted by Crippen LogP contribution is -1.96. The molecule has 15 heavy (non-hydrogen) atoms. The average molecular weight is 270 g/mol. The van der Waals surface area contributed by atoms with Crippen LogP contribution in [0.15, 0.2) is 25.8 Å². The summed E-state index contributed by atoms with van der Waals surface area (Å²) in [4.78, 5) is 24.6. The van der Waals surface area contributed by atoms with Crippen LogP contribution in [-0.2, 0) is 11.2 Å². The molecule has 1 aromatic carbocycles. The normalized spacial score (nSPS) is 10.8. The molecule has 5 heteroatoms. The van der Waals surface area contributed by atoms with Crippen molar-refractivity contribution in [1.29, 1.82) is 0 Å². The van der Waals surface area contributed by atoms with Crippen LogP contribution in [0.1, 0.15) is 12.5 Å². The Hall–Kier alpha value is -1.36. The van der Waals surface area contributed by atoms with Gasteiger partial charge in [-0.3, -0.25) is 9.78 Å². The van der Waals surface area contributed by atoms with Crippen molar-refractivity contribution >= 4 is 32.8 Å². The van der Waals surface area contributed by atoms with E-state index in [0.29, 0.717) is 16.7 Å². The SMILES string of the molecule is CC(=O)Cc1cc(Br)cc2[nH]c(=O)oc12. The van der Waals surface area contributed by atoms with Crippen molar-refractivity contribution < 1.29 is 9.21 Å². The number of aromatic nitrogens is 1. The summed E-state index contributed by atoms with van der Waals surface area (Å²) in [7, 11) is 0. The van der Waals surface area contributed by atoms with Gasteiger partial charge in [-0.05, 0) is 19.1 Å². The van der Waals surface area contributed by atoms with Gasteiger partial charge in [0.1, 0.15) is 5.78 Å². The van der Waals surface area contributed by atoms with Gasteiger partial charge in [-0.1, -0.05) is 15.9 Å². The Kier molecular flexibility index (Phi) is 2.48. The Balaban J connectivity index is 2.70. The highest BCUT2D eigenvalue weighted by molar-refractivity contribution is 9.10. The molecule has 2 aromatic rings. The maximum Gasteiger partial charge on any atom is 0.417 e. The minimum atomic E-state index is -0.507. The van der Waals surface area contributed by atoms with E-state index in [-0.39, 0.29) is 12.2 Å². The first kappa shape index (κ1) is 10.2. The number of aromatic amines is 1. The number of Topliss-reactive ketones (excluding diaryl/α,β-unsaturated/α-hetero) is 1. The number of benzene rings is 1. The predicted molar refractivity (Wildman–Crippen MR) is 58.9 cm³/mol. The lowest BCUT2D eigenvalue weighted by Gasteiger charge is -1.99. The molecule has 0 unspecified atom stereocenters. The molecule has 1 aromatic heterocycles. The smallest absolute Gasteiger partial charge is 0.408 e. The minimum absolute atomic E-state index is 0.0262. The second-order valence-corrected chi connectivity index (χ2v) is 4.25. The second-order valence-electron chi connectivity index (χ2n) is 3.33. The van der Waals surface area contributed by atoms with Gasteiger partial charge in [0.05, 0.1) is 5.52 Å². The van der Waals surface area contributed by atoms with Gasteiger partial charge in [0.2, 0.25) is 0 Å². The molecule has 0 atom stereocenters. The first-order valence-corrected chi connectivity index (χ1v) is 5.16. The third kappa shape index (κ3) is 2.02. The van der Waals surface area contributed by atoms with Gasteiger partial charge in [-0.2, -0.15) is 0 Å². The van der Waals surface area contributed by atoms with Crippen molar-refractivity contribution in [3.05, 3.63) is 32.7 Å². The van der Waals surface area contributed by atoms with E-state index >= 15 is 0 Å². The van der Waals surface area contributed by atoms with Crippen LogP contribution < -0.4 is 5.76 Å². The monoisotopic (exact) mass is 269 g/mol. The minimum Gasteiger partial charge on any atom is -0.408 e. The molecule has 1 N–H and O–H groups in total. The number of ketones is 1. The van der Waals surface area contributed by atoms with Crippen LogP contribution in [0.4, 0.5) is 0 Å². The fourth-order valence-electron chi connectivity index (χ4n) is 1.49. The van der Waals surface area contributed by atoms with Gasteiger partial charge in [0.15, 0.2) is 5.58 Å². The number of nitrogens with one attached hydrogen (secondary N) is 1. The Bertz CT molecular complexity index is 582. The van der Waals surface area contributed by atoms with Crippen LogP contribution in [0.3, 0.4) is 0 Å². The molecule has 0 fully saturated rings. The number of carbonyl (C=O) groups excluding carboxylic acids is 1. The first-order chi connectivity index (χ1) is 7.06. The molecule has 2 rings (SSSR count). The molecule has 0 saturated carbocycles. The van der Waals surface area contributed by atoms with Crippen molar-refractivity contribution in [2.75, 3.05) is 0 Å². The third-order valence-corrected chi connectivity index (χ3v) is 2.46. The summed E-state index contributed by atoms with van der Waals surface area (Å²) < 4.78 is 5.78. The molecule has 78 valence electrons. The highest BCUT2D eigenvalue weighted by atomic mass is 79.9. The second kappa shape index (κ2) is 3.66. The van der Waals surface area contributed by atoms with Gasteiger partial charge in [-0.25, -0.2) is 4.79 Å². The lowest BCUT2D eigenvalue weighted by molar-refractivity contribution is -0.116. The molecule has 0 aliphatic carbocycles. The molecule has 0 aliphatic rings. The number of carbonyl (C=O) groups is 1. The van der Waals surface area contributed by atoms with Gasteiger partial charge in [0, 0.05) is 16.5 Å². The summed E-state index contributed by atoms with van der Waals surface area (Å²) in [6, 6.07) is 3.52. The average Bonchev–Trinajstić information content (AvgIpc) is 2.44. The third-order valence-electron chi connectivity index (χ3n) is 2.00. The van der Waals surface area contributed by atoms with Gasteiger partial charge >= 0.3 is 5.76 Å². The topological polar surface area (TPSA) is 63.1 Å². The fourth-order valence-corrected chi connectivity index (χ4v) is 2.00. The van der Waals surface area contributed by atoms with Crippen molar-refractivity contribution in [3.63, 3.8) is 0 Å². The number of rotatable bonds is 2. The van der Waals surface area contributed by atoms with E-state index in [1.165, 1.54) is 6.92 Å². The predicted octanol–water partition coefficient (Wildman–Crippen LogP) is 2.02. The molecule has 4 nitrogen and oxygen atoms in total. The van der Waals surface area contributed by atoms with Crippen molar-refractivity contribution in [2.24, 2.45) is 0 Å². The maximum absolute atomic E-state index is 11.0. The number of fused-ring (bicyclic) bond motifs is 1. The Morgan fingerprint density at radius 2 is 2.27 bits per heavy atom. The molecule has 0 bridgehead atoms. The van der Waals surface area contributed by atoms with Gasteiger partial charge < -0.3 is 4.42 Å². The summed E-state index contributed by atoms with van der Waals surface area (Å²) in [6.07, 6.45) is 0.261.